The Hall–Kier alpha value is -2.50. The third-order valence-electron chi connectivity index (χ3n) is 5.14. The van der Waals surface area contributed by atoms with Gasteiger partial charge >= 0.3 is 0 Å². The Morgan fingerprint density at radius 1 is 0.929 bits per heavy atom. The molecule has 2 aromatic carbocycles. The summed E-state index contributed by atoms with van der Waals surface area (Å²) in [4.78, 5) is 4.24. The number of hydrogen-bond donors (Lipinski definition) is 1. The Morgan fingerprint density at radius 2 is 1.64 bits per heavy atom. The summed E-state index contributed by atoms with van der Waals surface area (Å²) in [6.07, 6.45) is 0. The molecule has 3 aromatic rings. The van der Waals surface area contributed by atoms with Gasteiger partial charge in [-0.1, -0.05) is 68.4 Å². The van der Waals surface area contributed by atoms with Crippen molar-refractivity contribution in [2.45, 2.75) is 33.9 Å². The van der Waals surface area contributed by atoms with Gasteiger partial charge in [0.15, 0.2) is 0 Å². The molecule has 28 heavy (non-hydrogen) atoms. The quantitative estimate of drug-likeness (QED) is 0.547. The van der Waals surface area contributed by atoms with E-state index in [9.17, 15) is 0 Å². The first-order chi connectivity index (χ1) is 13.7. The van der Waals surface area contributed by atoms with Crippen LogP contribution in [0, 0.1) is 6.92 Å². The Kier molecular flexibility index (Phi) is 7.34. The third-order valence-corrected chi connectivity index (χ3v) is 5.14. The fraction of sp³-hybridized carbons (Fsp3) is 0.391. The molecule has 1 N–H and O–H groups in total. The Morgan fingerprint density at radius 3 is 2.36 bits per heavy atom. The zero-order chi connectivity index (χ0) is 19.8. The molecular formula is C23H31N5. The number of benzene rings is 2. The SMILES string of the molecule is CCN(CC)CCNCc1nn(Cc2ccccc2C)nc1-c1ccccc1. The lowest BCUT2D eigenvalue weighted by atomic mass is 10.1. The highest BCUT2D eigenvalue weighted by Gasteiger charge is 2.13. The van der Waals surface area contributed by atoms with E-state index in [-0.39, 0.29) is 0 Å². The molecular weight excluding hydrogens is 346 g/mol. The standard InChI is InChI=1S/C23H31N5/c1-4-27(5-2)16-15-24-17-22-23(20-12-7-6-8-13-20)26-28(25-22)18-21-14-10-9-11-19(21)3/h6-14,24H,4-5,15-18H2,1-3H3. The number of aryl methyl sites for hydroxylation is 1. The van der Waals surface area contributed by atoms with E-state index in [0.29, 0.717) is 6.54 Å². The summed E-state index contributed by atoms with van der Waals surface area (Å²) in [7, 11) is 0. The van der Waals surface area contributed by atoms with Gasteiger partial charge in [-0.15, -0.1) is 0 Å². The maximum atomic E-state index is 4.82. The van der Waals surface area contributed by atoms with Crippen molar-refractivity contribution in [3.63, 3.8) is 0 Å². The highest BCUT2D eigenvalue weighted by molar-refractivity contribution is 5.60. The fourth-order valence-corrected chi connectivity index (χ4v) is 3.32. The van der Waals surface area contributed by atoms with Crippen LogP contribution in [0.5, 0.6) is 0 Å². The van der Waals surface area contributed by atoms with Gasteiger partial charge < -0.3 is 10.2 Å². The number of hydrogen-bond acceptors (Lipinski definition) is 4. The first kappa shape index (κ1) is 20.2. The molecule has 0 unspecified atom stereocenters. The highest BCUT2D eigenvalue weighted by Crippen LogP contribution is 2.20. The van der Waals surface area contributed by atoms with E-state index in [1.54, 1.807) is 0 Å². The van der Waals surface area contributed by atoms with Gasteiger partial charge in [0, 0.05) is 25.2 Å². The lowest BCUT2D eigenvalue weighted by Crippen LogP contribution is -2.31. The molecule has 0 fully saturated rings. The molecule has 0 saturated carbocycles. The first-order valence-corrected chi connectivity index (χ1v) is 10.2. The molecule has 1 heterocycles. The van der Waals surface area contributed by atoms with Crippen molar-refractivity contribution >= 4 is 0 Å². The average molecular weight is 378 g/mol. The number of aromatic nitrogens is 3. The Bertz CT molecular complexity index is 852. The third kappa shape index (κ3) is 5.27. The van der Waals surface area contributed by atoms with E-state index in [0.717, 1.165) is 49.7 Å². The van der Waals surface area contributed by atoms with Crippen LogP contribution >= 0.6 is 0 Å². The molecule has 0 radical (unpaired) electrons. The molecule has 0 spiro atoms. The maximum absolute atomic E-state index is 4.82. The predicted molar refractivity (Wildman–Crippen MR) is 115 cm³/mol. The monoisotopic (exact) mass is 377 g/mol. The van der Waals surface area contributed by atoms with Crippen molar-refractivity contribution in [3.05, 3.63) is 71.4 Å². The zero-order valence-corrected chi connectivity index (χ0v) is 17.2. The number of rotatable bonds is 10. The first-order valence-electron chi connectivity index (χ1n) is 10.2. The van der Waals surface area contributed by atoms with Gasteiger partial charge in [-0.05, 0) is 31.1 Å². The average Bonchev–Trinajstić information content (AvgIpc) is 3.13. The maximum Gasteiger partial charge on any atom is 0.117 e. The topological polar surface area (TPSA) is 46.0 Å². The van der Waals surface area contributed by atoms with Crippen LogP contribution in [-0.4, -0.2) is 46.1 Å². The molecule has 0 amide bonds. The molecule has 5 heteroatoms. The Labute approximate surface area is 168 Å². The van der Waals surface area contributed by atoms with Crippen LogP contribution in [0.2, 0.25) is 0 Å². The van der Waals surface area contributed by atoms with Crippen LogP contribution in [0.15, 0.2) is 54.6 Å². The second-order valence-corrected chi connectivity index (χ2v) is 7.02. The number of likely N-dealkylation sites (N-methyl/N-ethyl adjacent to an activating group) is 1. The summed E-state index contributed by atoms with van der Waals surface area (Å²) in [6, 6.07) is 18.7. The molecule has 148 valence electrons. The van der Waals surface area contributed by atoms with Crippen LogP contribution in [0.25, 0.3) is 11.3 Å². The van der Waals surface area contributed by atoms with Crippen molar-refractivity contribution in [1.82, 2.24) is 25.2 Å². The van der Waals surface area contributed by atoms with Gasteiger partial charge in [0.05, 0.1) is 6.54 Å². The van der Waals surface area contributed by atoms with E-state index >= 15 is 0 Å². The van der Waals surface area contributed by atoms with Crippen molar-refractivity contribution in [2.24, 2.45) is 0 Å². The Balaban J connectivity index is 1.75. The van der Waals surface area contributed by atoms with Crippen molar-refractivity contribution < 1.29 is 0 Å². The molecule has 3 rings (SSSR count). The van der Waals surface area contributed by atoms with Crippen molar-refractivity contribution in [1.29, 1.82) is 0 Å². The minimum atomic E-state index is 0.686. The second kappa shape index (κ2) is 10.2. The minimum Gasteiger partial charge on any atom is -0.310 e. The summed E-state index contributed by atoms with van der Waals surface area (Å²) in [5.74, 6) is 0. The van der Waals surface area contributed by atoms with Crippen LogP contribution in [0.3, 0.4) is 0 Å². The van der Waals surface area contributed by atoms with Crippen LogP contribution in [0.1, 0.15) is 30.7 Å². The predicted octanol–water partition coefficient (Wildman–Crippen LogP) is 3.73. The van der Waals surface area contributed by atoms with Crippen LogP contribution < -0.4 is 5.32 Å². The van der Waals surface area contributed by atoms with Crippen molar-refractivity contribution in [2.75, 3.05) is 26.2 Å². The molecule has 0 aliphatic rings. The van der Waals surface area contributed by atoms with E-state index in [1.807, 2.05) is 23.0 Å². The highest BCUT2D eigenvalue weighted by atomic mass is 15.5. The van der Waals surface area contributed by atoms with Crippen LogP contribution in [0.4, 0.5) is 0 Å². The molecule has 0 atom stereocenters. The largest absolute Gasteiger partial charge is 0.310 e. The summed E-state index contributed by atoms with van der Waals surface area (Å²) >= 11 is 0. The van der Waals surface area contributed by atoms with E-state index < -0.39 is 0 Å². The van der Waals surface area contributed by atoms with Gasteiger partial charge in [0.25, 0.3) is 0 Å². The van der Waals surface area contributed by atoms with Gasteiger partial charge in [-0.3, -0.25) is 0 Å². The fourth-order valence-electron chi connectivity index (χ4n) is 3.32. The lowest BCUT2D eigenvalue weighted by Gasteiger charge is -2.17. The summed E-state index contributed by atoms with van der Waals surface area (Å²) in [5, 5.41) is 13.2. The number of nitrogens with zero attached hydrogens (tertiary/aromatic N) is 4. The molecule has 0 aliphatic carbocycles. The molecule has 0 aliphatic heterocycles. The lowest BCUT2D eigenvalue weighted by molar-refractivity contribution is 0.302. The molecule has 5 nitrogen and oxygen atoms in total. The van der Waals surface area contributed by atoms with Crippen molar-refractivity contribution in [3.8, 4) is 11.3 Å². The number of nitrogens with one attached hydrogen (secondary N) is 1. The normalized spacial score (nSPS) is 11.3. The smallest absolute Gasteiger partial charge is 0.117 e. The molecule has 0 bridgehead atoms. The van der Waals surface area contributed by atoms with Gasteiger partial charge in [-0.2, -0.15) is 15.0 Å². The van der Waals surface area contributed by atoms with E-state index in [4.69, 9.17) is 10.2 Å². The van der Waals surface area contributed by atoms with Crippen LogP contribution in [-0.2, 0) is 13.1 Å². The molecule has 1 aromatic heterocycles. The summed E-state index contributed by atoms with van der Waals surface area (Å²) in [6.45, 7) is 12.1. The minimum absolute atomic E-state index is 0.686. The second-order valence-electron chi connectivity index (χ2n) is 7.02. The van der Waals surface area contributed by atoms with Gasteiger partial charge in [0.2, 0.25) is 0 Å². The molecule has 0 saturated heterocycles. The van der Waals surface area contributed by atoms with E-state index in [1.165, 1.54) is 11.1 Å². The van der Waals surface area contributed by atoms with Gasteiger partial charge in [-0.25, -0.2) is 0 Å². The summed E-state index contributed by atoms with van der Waals surface area (Å²) in [5.41, 5.74) is 5.58. The zero-order valence-electron chi connectivity index (χ0n) is 17.2. The van der Waals surface area contributed by atoms with E-state index in [2.05, 4.69) is 67.4 Å². The summed E-state index contributed by atoms with van der Waals surface area (Å²) < 4.78 is 0. The van der Waals surface area contributed by atoms with Gasteiger partial charge in [0.1, 0.15) is 11.4 Å².